The van der Waals surface area contributed by atoms with Crippen molar-refractivity contribution in [3.05, 3.63) is 30.1 Å². The second-order valence-corrected chi connectivity index (χ2v) is 3.83. The maximum absolute atomic E-state index is 13.1. The molecule has 92 valence electrons. The highest BCUT2D eigenvalue weighted by atomic mass is 19.1. The highest BCUT2D eigenvalue weighted by molar-refractivity contribution is 5.76. The highest BCUT2D eigenvalue weighted by Crippen LogP contribution is 2.15. The first-order chi connectivity index (χ1) is 8.25. The number of carbonyl (C=O) groups is 1. The van der Waals surface area contributed by atoms with Crippen LogP contribution in [0, 0.1) is 5.82 Å². The first kappa shape index (κ1) is 11.9. The molecule has 0 unspecified atom stereocenters. The van der Waals surface area contributed by atoms with Gasteiger partial charge in [-0.3, -0.25) is 4.79 Å². The Bertz CT molecular complexity index is 393. The fourth-order valence-corrected chi connectivity index (χ4v) is 1.43. The third-order valence-corrected chi connectivity index (χ3v) is 2.43. The van der Waals surface area contributed by atoms with Crippen LogP contribution >= 0.6 is 0 Å². The molecule has 0 bridgehead atoms. The molecule has 5 heteroatoms. The lowest BCUT2D eigenvalue weighted by Gasteiger charge is -2.26. The van der Waals surface area contributed by atoms with E-state index in [-0.39, 0.29) is 30.7 Å². The highest BCUT2D eigenvalue weighted by Gasteiger charge is 2.19. The van der Waals surface area contributed by atoms with Gasteiger partial charge in [0, 0.05) is 0 Å². The zero-order chi connectivity index (χ0) is 12.1. The van der Waals surface area contributed by atoms with Crippen LogP contribution in [0.3, 0.4) is 0 Å². The molecular formula is C12H14FNO3. The monoisotopic (exact) mass is 239 g/mol. The molecule has 0 spiro atoms. The molecular weight excluding hydrogens is 225 g/mol. The minimum Gasteiger partial charge on any atom is -0.490 e. The molecule has 1 aliphatic heterocycles. The standard InChI is InChI=1S/C12H14FNO3/c13-10-3-1-2-4-11(10)17-6-5-12(15)14-9-7-16-8-9/h1-4,9H,5-8H2,(H,14,15). The van der Waals surface area contributed by atoms with Crippen molar-refractivity contribution in [3.63, 3.8) is 0 Å². The summed E-state index contributed by atoms with van der Waals surface area (Å²) in [6.07, 6.45) is 0.213. The van der Waals surface area contributed by atoms with E-state index in [4.69, 9.17) is 9.47 Å². The van der Waals surface area contributed by atoms with Gasteiger partial charge in [-0.05, 0) is 12.1 Å². The van der Waals surface area contributed by atoms with E-state index in [1.807, 2.05) is 0 Å². The van der Waals surface area contributed by atoms with Crippen molar-refractivity contribution in [1.82, 2.24) is 5.32 Å². The maximum Gasteiger partial charge on any atom is 0.223 e. The van der Waals surface area contributed by atoms with Crippen LogP contribution in [0.2, 0.25) is 0 Å². The number of hydrogen-bond acceptors (Lipinski definition) is 3. The van der Waals surface area contributed by atoms with E-state index < -0.39 is 5.82 Å². The number of rotatable bonds is 5. The third-order valence-electron chi connectivity index (χ3n) is 2.43. The molecule has 0 atom stereocenters. The van der Waals surface area contributed by atoms with Gasteiger partial charge in [0.25, 0.3) is 0 Å². The Morgan fingerprint density at radius 3 is 2.88 bits per heavy atom. The van der Waals surface area contributed by atoms with Crippen molar-refractivity contribution in [2.45, 2.75) is 12.5 Å². The number of nitrogens with one attached hydrogen (secondary N) is 1. The van der Waals surface area contributed by atoms with Crippen LogP contribution < -0.4 is 10.1 Å². The average Bonchev–Trinajstić information content (AvgIpc) is 2.26. The lowest BCUT2D eigenvalue weighted by Crippen LogP contribution is -2.48. The minimum absolute atomic E-state index is 0.102. The molecule has 1 fully saturated rings. The SMILES string of the molecule is O=C(CCOc1ccccc1F)NC1COC1. The molecule has 1 heterocycles. The number of carbonyl (C=O) groups excluding carboxylic acids is 1. The van der Waals surface area contributed by atoms with Crippen LogP contribution in [0.1, 0.15) is 6.42 Å². The van der Waals surface area contributed by atoms with Crippen molar-refractivity contribution in [3.8, 4) is 5.75 Å². The Labute approximate surface area is 98.7 Å². The van der Waals surface area contributed by atoms with Crippen LogP contribution in [0.25, 0.3) is 0 Å². The molecule has 1 saturated heterocycles. The van der Waals surface area contributed by atoms with Crippen LogP contribution in [-0.2, 0) is 9.53 Å². The quantitative estimate of drug-likeness (QED) is 0.837. The van der Waals surface area contributed by atoms with E-state index in [0.717, 1.165) is 0 Å². The van der Waals surface area contributed by atoms with E-state index in [1.54, 1.807) is 12.1 Å². The number of para-hydroxylation sites is 1. The van der Waals surface area contributed by atoms with Crippen LogP contribution in [0.4, 0.5) is 4.39 Å². The molecule has 0 aromatic heterocycles. The van der Waals surface area contributed by atoms with Crippen molar-refractivity contribution >= 4 is 5.91 Å². The largest absolute Gasteiger partial charge is 0.490 e. The summed E-state index contributed by atoms with van der Waals surface area (Å²) >= 11 is 0. The lowest BCUT2D eigenvalue weighted by atomic mass is 10.2. The van der Waals surface area contributed by atoms with Gasteiger partial charge in [-0.2, -0.15) is 0 Å². The molecule has 17 heavy (non-hydrogen) atoms. The topological polar surface area (TPSA) is 47.6 Å². The number of ether oxygens (including phenoxy) is 2. The smallest absolute Gasteiger partial charge is 0.223 e. The lowest BCUT2D eigenvalue weighted by molar-refractivity contribution is -0.125. The Balaban J connectivity index is 1.68. The van der Waals surface area contributed by atoms with Crippen molar-refractivity contribution in [2.24, 2.45) is 0 Å². The number of amides is 1. The van der Waals surface area contributed by atoms with Crippen LogP contribution in [-0.4, -0.2) is 31.8 Å². The Morgan fingerprint density at radius 1 is 1.47 bits per heavy atom. The number of hydrogen-bond donors (Lipinski definition) is 1. The predicted molar refractivity (Wildman–Crippen MR) is 59.3 cm³/mol. The van der Waals surface area contributed by atoms with Gasteiger partial charge in [0.2, 0.25) is 5.91 Å². The fraction of sp³-hybridized carbons (Fsp3) is 0.417. The summed E-state index contributed by atoms with van der Waals surface area (Å²) in [6, 6.07) is 6.25. The molecule has 0 saturated carbocycles. The van der Waals surface area contributed by atoms with Gasteiger partial charge in [0.05, 0.1) is 32.3 Å². The number of halogens is 1. The first-order valence-electron chi connectivity index (χ1n) is 5.50. The van der Waals surface area contributed by atoms with E-state index >= 15 is 0 Å². The summed E-state index contributed by atoms with van der Waals surface area (Å²) in [7, 11) is 0. The van der Waals surface area contributed by atoms with Gasteiger partial charge in [-0.15, -0.1) is 0 Å². The minimum atomic E-state index is -0.416. The molecule has 1 aromatic carbocycles. The average molecular weight is 239 g/mol. The zero-order valence-corrected chi connectivity index (χ0v) is 9.32. The van der Waals surface area contributed by atoms with Gasteiger partial charge in [0.1, 0.15) is 0 Å². The Morgan fingerprint density at radius 2 is 2.24 bits per heavy atom. The Hall–Kier alpha value is -1.62. The predicted octanol–water partition coefficient (Wildman–Crippen LogP) is 1.11. The van der Waals surface area contributed by atoms with Crippen LogP contribution in [0.15, 0.2) is 24.3 Å². The van der Waals surface area contributed by atoms with E-state index in [1.165, 1.54) is 12.1 Å². The normalized spacial score (nSPS) is 15.1. The maximum atomic E-state index is 13.1. The summed E-state index contributed by atoms with van der Waals surface area (Å²) in [4.78, 5) is 11.4. The molecule has 1 N–H and O–H groups in total. The summed E-state index contributed by atoms with van der Waals surface area (Å²) in [5.41, 5.74) is 0. The van der Waals surface area contributed by atoms with Gasteiger partial charge in [-0.25, -0.2) is 4.39 Å². The molecule has 1 amide bonds. The summed E-state index contributed by atoms with van der Waals surface area (Å²) in [5, 5.41) is 2.78. The van der Waals surface area contributed by atoms with E-state index in [0.29, 0.717) is 13.2 Å². The van der Waals surface area contributed by atoms with Gasteiger partial charge in [0.15, 0.2) is 11.6 Å². The third kappa shape index (κ3) is 3.42. The Kier molecular flexibility index (Phi) is 3.93. The van der Waals surface area contributed by atoms with Gasteiger partial charge in [-0.1, -0.05) is 12.1 Å². The molecule has 1 aromatic rings. The van der Waals surface area contributed by atoms with Crippen molar-refractivity contribution in [1.29, 1.82) is 0 Å². The van der Waals surface area contributed by atoms with Gasteiger partial charge >= 0.3 is 0 Å². The van der Waals surface area contributed by atoms with E-state index in [9.17, 15) is 9.18 Å². The molecule has 4 nitrogen and oxygen atoms in total. The summed E-state index contributed by atoms with van der Waals surface area (Å²) in [5.74, 6) is -0.345. The van der Waals surface area contributed by atoms with Crippen molar-refractivity contribution < 1.29 is 18.7 Å². The molecule has 0 aliphatic carbocycles. The second kappa shape index (κ2) is 5.63. The number of benzene rings is 1. The molecule has 1 aliphatic rings. The first-order valence-corrected chi connectivity index (χ1v) is 5.50. The van der Waals surface area contributed by atoms with Crippen LogP contribution in [0.5, 0.6) is 5.75 Å². The summed E-state index contributed by atoms with van der Waals surface area (Å²) in [6.45, 7) is 1.31. The molecule has 2 rings (SSSR count). The second-order valence-electron chi connectivity index (χ2n) is 3.83. The zero-order valence-electron chi connectivity index (χ0n) is 9.32. The fourth-order valence-electron chi connectivity index (χ4n) is 1.43. The van der Waals surface area contributed by atoms with Crippen molar-refractivity contribution in [2.75, 3.05) is 19.8 Å². The summed E-state index contributed by atoms with van der Waals surface area (Å²) < 4.78 is 23.2. The molecule has 0 radical (unpaired) electrons. The van der Waals surface area contributed by atoms with E-state index in [2.05, 4.69) is 5.32 Å². The van der Waals surface area contributed by atoms with Gasteiger partial charge < -0.3 is 14.8 Å².